The molecule has 1 aromatic carbocycles. The highest BCUT2D eigenvalue weighted by Gasteiger charge is 2.22. The molecule has 118 valence electrons. The minimum atomic E-state index is -0.591. The predicted octanol–water partition coefficient (Wildman–Crippen LogP) is 1.71. The number of nitrogens with one attached hydrogen (secondary N) is 1. The van der Waals surface area contributed by atoms with Crippen LogP contribution in [0.3, 0.4) is 0 Å². The van der Waals surface area contributed by atoms with E-state index >= 15 is 0 Å². The molecule has 0 bridgehead atoms. The quantitative estimate of drug-likeness (QED) is 0.901. The maximum Gasteiger partial charge on any atom is 0.251 e. The molecule has 0 aliphatic heterocycles. The zero-order chi connectivity index (χ0) is 16.3. The average molecular weight is 302 g/mol. The number of carbonyl (C=O) groups excluding carboxylic acids is 1. The van der Waals surface area contributed by atoms with Crippen LogP contribution in [-0.4, -0.2) is 38.4 Å². The summed E-state index contributed by atoms with van der Waals surface area (Å²) in [5.41, 5.74) is 2.10. The van der Waals surface area contributed by atoms with Gasteiger partial charge in [-0.15, -0.1) is 0 Å². The number of amides is 1. The van der Waals surface area contributed by atoms with E-state index in [2.05, 4.69) is 15.4 Å². The van der Waals surface area contributed by atoms with Crippen LogP contribution in [-0.2, 0) is 0 Å². The molecule has 1 unspecified atom stereocenters. The number of hydrogen-bond acceptors (Lipinski definition) is 4. The van der Waals surface area contributed by atoms with Crippen molar-refractivity contribution in [3.8, 4) is 5.69 Å². The minimum Gasteiger partial charge on any atom is -0.391 e. The first-order chi connectivity index (χ1) is 10.3. The Hall–Kier alpha value is -2.21. The maximum atomic E-state index is 12.2. The Morgan fingerprint density at radius 1 is 1.41 bits per heavy atom. The van der Waals surface area contributed by atoms with Crippen molar-refractivity contribution in [1.82, 2.24) is 20.1 Å². The Kier molecular flexibility index (Phi) is 4.61. The normalized spacial score (nSPS) is 13.0. The molecule has 6 nitrogen and oxygen atoms in total. The summed E-state index contributed by atoms with van der Waals surface area (Å²) in [7, 11) is 0. The highest BCUT2D eigenvalue weighted by Crippen LogP contribution is 2.18. The summed E-state index contributed by atoms with van der Waals surface area (Å²) in [5.74, 6) is -0.198. The Bertz CT molecular complexity index is 645. The molecule has 1 amide bonds. The lowest BCUT2D eigenvalue weighted by atomic mass is 9.89. The lowest BCUT2D eigenvalue weighted by Gasteiger charge is -2.25. The van der Waals surface area contributed by atoms with Crippen molar-refractivity contribution in [1.29, 1.82) is 0 Å². The third-order valence-corrected chi connectivity index (χ3v) is 3.58. The molecule has 0 aliphatic rings. The van der Waals surface area contributed by atoms with E-state index in [1.54, 1.807) is 23.1 Å². The summed E-state index contributed by atoms with van der Waals surface area (Å²) in [6.45, 7) is 7.94. The van der Waals surface area contributed by atoms with E-state index in [0.29, 0.717) is 5.56 Å². The van der Waals surface area contributed by atoms with Gasteiger partial charge in [-0.05, 0) is 36.1 Å². The van der Waals surface area contributed by atoms with Crippen LogP contribution in [0.5, 0.6) is 0 Å². The molecule has 2 N–H and O–H groups in total. The second kappa shape index (κ2) is 6.27. The van der Waals surface area contributed by atoms with E-state index < -0.39 is 6.10 Å². The van der Waals surface area contributed by atoms with Crippen LogP contribution >= 0.6 is 0 Å². The van der Waals surface area contributed by atoms with Crippen molar-refractivity contribution < 1.29 is 9.90 Å². The predicted molar refractivity (Wildman–Crippen MR) is 83.9 cm³/mol. The van der Waals surface area contributed by atoms with Gasteiger partial charge in [0.05, 0.1) is 11.8 Å². The molecule has 1 aromatic heterocycles. The van der Waals surface area contributed by atoms with Crippen molar-refractivity contribution in [2.75, 3.05) is 6.54 Å². The molecule has 0 radical (unpaired) electrons. The van der Waals surface area contributed by atoms with Gasteiger partial charge in [-0.2, -0.15) is 5.10 Å². The van der Waals surface area contributed by atoms with Gasteiger partial charge in [0.15, 0.2) is 0 Å². The van der Waals surface area contributed by atoms with Crippen molar-refractivity contribution >= 4 is 5.91 Å². The zero-order valence-electron chi connectivity index (χ0n) is 13.4. The molecule has 2 aromatic rings. The van der Waals surface area contributed by atoms with Crippen molar-refractivity contribution in [3.05, 3.63) is 42.0 Å². The molecule has 22 heavy (non-hydrogen) atoms. The summed E-state index contributed by atoms with van der Waals surface area (Å²) in [4.78, 5) is 16.1. The van der Waals surface area contributed by atoms with Crippen molar-refractivity contribution in [2.24, 2.45) is 5.41 Å². The van der Waals surface area contributed by atoms with E-state index in [9.17, 15) is 9.90 Å². The van der Waals surface area contributed by atoms with Crippen LogP contribution in [0.4, 0.5) is 0 Å². The topological polar surface area (TPSA) is 80.0 Å². The number of carbonyl (C=O) groups is 1. The number of aliphatic hydroxyl groups is 1. The van der Waals surface area contributed by atoms with Gasteiger partial charge in [0.1, 0.15) is 12.7 Å². The highest BCUT2D eigenvalue weighted by atomic mass is 16.3. The monoisotopic (exact) mass is 302 g/mol. The smallest absolute Gasteiger partial charge is 0.251 e. The Labute approximate surface area is 130 Å². The molecule has 0 fully saturated rings. The molecule has 1 heterocycles. The molecular weight excluding hydrogens is 280 g/mol. The van der Waals surface area contributed by atoms with E-state index in [0.717, 1.165) is 11.3 Å². The Balaban J connectivity index is 2.07. The van der Waals surface area contributed by atoms with E-state index in [-0.39, 0.29) is 17.9 Å². The van der Waals surface area contributed by atoms with Gasteiger partial charge in [-0.3, -0.25) is 4.79 Å². The fourth-order valence-corrected chi connectivity index (χ4v) is 1.98. The van der Waals surface area contributed by atoms with Gasteiger partial charge in [0, 0.05) is 12.1 Å². The van der Waals surface area contributed by atoms with Gasteiger partial charge in [-0.1, -0.05) is 20.8 Å². The largest absolute Gasteiger partial charge is 0.391 e. The number of aryl methyl sites for hydroxylation is 1. The molecule has 0 saturated carbocycles. The second-order valence-electron chi connectivity index (χ2n) is 6.43. The summed E-state index contributed by atoms with van der Waals surface area (Å²) >= 11 is 0. The summed E-state index contributed by atoms with van der Waals surface area (Å²) in [6.07, 6.45) is 2.49. The van der Waals surface area contributed by atoms with Crippen LogP contribution in [0.2, 0.25) is 0 Å². The van der Waals surface area contributed by atoms with Gasteiger partial charge in [-0.25, -0.2) is 9.67 Å². The minimum absolute atomic E-state index is 0.198. The Morgan fingerprint density at radius 3 is 2.68 bits per heavy atom. The van der Waals surface area contributed by atoms with Gasteiger partial charge < -0.3 is 10.4 Å². The number of nitrogens with zero attached hydrogens (tertiary/aromatic N) is 3. The second-order valence-corrected chi connectivity index (χ2v) is 6.43. The molecule has 1 atom stereocenters. The van der Waals surface area contributed by atoms with Gasteiger partial charge >= 0.3 is 0 Å². The SMILES string of the molecule is Cc1cc(C(=O)NCC(O)C(C)(C)C)ccc1-n1cncn1. The van der Waals surface area contributed by atoms with Crippen molar-refractivity contribution in [3.63, 3.8) is 0 Å². The van der Waals surface area contributed by atoms with E-state index in [4.69, 9.17) is 0 Å². The lowest BCUT2D eigenvalue weighted by molar-refractivity contribution is 0.0587. The van der Waals surface area contributed by atoms with Crippen LogP contribution in [0, 0.1) is 12.3 Å². The average Bonchev–Trinajstić information content (AvgIpc) is 2.97. The first-order valence-corrected chi connectivity index (χ1v) is 7.21. The fraction of sp³-hybridized carbons (Fsp3) is 0.438. The standard InChI is InChI=1S/C16H22N4O2/c1-11-7-12(5-6-13(11)20-10-17-9-19-20)15(22)18-8-14(21)16(2,3)4/h5-7,9-10,14,21H,8H2,1-4H3,(H,18,22). The summed E-state index contributed by atoms with van der Waals surface area (Å²) in [6, 6.07) is 5.37. The Morgan fingerprint density at radius 2 is 2.14 bits per heavy atom. The third-order valence-electron chi connectivity index (χ3n) is 3.58. The van der Waals surface area contributed by atoms with Crippen molar-refractivity contribution in [2.45, 2.75) is 33.8 Å². The molecule has 6 heteroatoms. The zero-order valence-corrected chi connectivity index (χ0v) is 13.4. The fourth-order valence-electron chi connectivity index (χ4n) is 1.98. The number of rotatable bonds is 4. The third kappa shape index (κ3) is 3.71. The van der Waals surface area contributed by atoms with Crippen LogP contribution < -0.4 is 5.32 Å². The molecular formula is C16H22N4O2. The summed E-state index contributed by atoms with van der Waals surface area (Å²) < 4.78 is 1.65. The van der Waals surface area contributed by atoms with Crippen LogP contribution in [0.1, 0.15) is 36.7 Å². The van der Waals surface area contributed by atoms with E-state index in [1.807, 2.05) is 33.8 Å². The van der Waals surface area contributed by atoms with E-state index in [1.165, 1.54) is 6.33 Å². The molecule has 0 saturated heterocycles. The first kappa shape index (κ1) is 16.2. The van der Waals surface area contributed by atoms with Gasteiger partial charge in [0.2, 0.25) is 0 Å². The number of aliphatic hydroxyl groups excluding tert-OH is 1. The summed E-state index contributed by atoms with van der Waals surface area (Å²) in [5, 5.41) is 16.8. The number of aromatic nitrogens is 3. The molecule has 0 spiro atoms. The first-order valence-electron chi connectivity index (χ1n) is 7.21. The number of hydrogen-bond donors (Lipinski definition) is 2. The maximum absolute atomic E-state index is 12.2. The lowest BCUT2D eigenvalue weighted by Crippen LogP contribution is -2.39. The van der Waals surface area contributed by atoms with Crippen LogP contribution in [0.15, 0.2) is 30.9 Å². The molecule has 0 aliphatic carbocycles. The van der Waals surface area contributed by atoms with Crippen LogP contribution in [0.25, 0.3) is 5.69 Å². The number of benzene rings is 1. The van der Waals surface area contributed by atoms with Gasteiger partial charge in [0.25, 0.3) is 5.91 Å². The molecule has 2 rings (SSSR count). The highest BCUT2D eigenvalue weighted by molar-refractivity contribution is 5.94.